The van der Waals surface area contributed by atoms with Crippen LogP contribution in [0.4, 0.5) is 20.6 Å². The van der Waals surface area contributed by atoms with Gasteiger partial charge in [0.15, 0.2) is 0 Å². The van der Waals surface area contributed by atoms with Crippen molar-refractivity contribution in [3.05, 3.63) is 108 Å². The number of benzene rings is 3. The molecule has 12 heteroatoms. The van der Waals surface area contributed by atoms with Crippen molar-refractivity contribution in [2.75, 3.05) is 49.4 Å². The first-order valence-corrected chi connectivity index (χ1v) is 16.3. The van der Waals surface area contributed by atoms with Gasteiger partial charge in [-0.1, -0.05) is 24.3 Å². The minimum atomic E-state index is -4.08. The van der Waals surface area contributed by atoms with Crippen LogP contribution < -0.4 is 15.4 Å². The lowest BCUT2D eigenvalue weighted by atomic mass is 10.0. The van der Waals surface area contributed by atoms with Gasteiger partial charge in [0.2, 0.25) is 0 Å². The van der Waals surface area contributed by atoms with Crippen LogP contribution in [0.5, 0.6) is 0 Å². The minimum absolute atomic E-state index is 0.0330. The highest BCUT2D eigenvalue weighted by atomic mass is 32.2. The zero-order valence-electron chi connectivity index (χ0n) is 24.7. The molecule has 6 rings (SSSR count). The molecule has 2 saturated heterocycles. The van der Waals surface area contributed by atoms with E-state index in [2.05, 4.69) is 30.1 Å². The Labute approximate surface area is 262 Å². The maximum atomic E-state index is 14.5. The molecule has 2 amide bonds. The molecule has 2 fully saturated rings. The second-order valence-corrected chi connectivity index (χ2v) is 12.8. The summed E-state index contributed by atoms with van der Waals surface area (Å²) < 4.78 is 49.6. The third kappa shape index (κ3) is 7.84. The van der Waals surface area contributed by atoms with Crippen LogP contribution in [0.1, 0.15) is 11.1 Å². The monoisotopic (exact) mass is 630 g/mol. The Morgan fingerprint density at radius 2 is 1.69 bits per heavy atom. The van der Waals surface area contributed by atoms with E-state index in [0.29, 0.717) is 29.5 Å². The molecule has 234 valence electrons. The van der Waals surface area contributed by atoms with Gasteiger partial charge in [-0.15, -0.1) is 0 Å². The molecule has 0 radical (unpaired) electrons. The number of anilines is 2. The van der Waals surface area contributed by atoms with Gasteiger partial charge in [0.1, 0.15) is 5.82 Å². The number of sulfonamides is 1. The van der Waals surface area contributed by atoms with Gasteiger partial charge in [-0.2, -0.15) is 0 Å². The fourth-order valence-electron chi connectivity index (χ4n) is 5.59. The highest BCUT2D eigenvalue weighted by molar-refractivity contribution is 7.92. The number of halogens is 1. The molecule has 0 spiro atoms. The Morgan fingerprint density at radius 3 is 2.44 bits per heavy atom. The first kappa shape index (κ1) is 30.7. The normalized spacial score (nSPS) is 16.1. The van der Waals surface area contributed by atoms with Crippen LogP contribution in [0.15, 0.2) is 96.2 Å². The smallest absolute Gasteiger partial charge is 0.319 e. The number of carbonyl (C=O) groups excluding carboxylic acids is 1. The average molecular weight is 631 g/mol. The number of ether oxygens (including phenoxy) is 1. The van der Waals surface area contributed by atoms with Crippen molar-refractivity contribution in [3.8, 4) is 11.1 Å². The largest absolute Gasteiger partial charge is 0.379 e. The van der Waals surface area contributed by atoms with Crippen molar-refractivity contribution in [1.82, 2.24) is 20.1 Å². The highest BCUT2D eigenvalue weighted by Crippen LogP contribution is 2.31. The molecule has 1 aromatic heterocycles. The van der Waals surface area contributed by atoms with Crippen molar-refractivity contribution in [2.24, 2.45) is 0 Å². The van der Waals surface area contributed by atoms with Crippen LogP contribution in [0, 0.1) is 5.82 Å². The molecule has 0 bridgehead atoms. The SMILES string of the molecule is O=C(NCc1cccnc1)Nc1ccc(NS(=O)(=O)c2ccc(F)cc2-c2cccc(CN3CC(N4CCOCC4)C3)c2)cc1. The van der Waals surface area contributed by atoms with Gasteiger partial charge in [0.25, 0.3) is 10.0 Å². The lowest BCUT2D eigenvalue weighted by Crippen LogP contribution is -2.60. The molecule has 3 N–H and O–H groups in total. The van der Waals surface area contributed by atoms with Gasteiger partial charge in [-0.3, -0.25) is 19.5 Å². The molecule has 3 heterocycles. The van der Waals surface area contributed by atoms with E-state index >= 15 is 0 Å². The van der Waals surface area contributed by atoms with Gasteiger partial charge < -0.3 is 15.4 Å². The molecule has 0 atom stereocenters. The molecule has 0 saturated carbocycles. The molecule has 4 aromatic rings. The van der Waals surface area contributed by atoms with Crippen molar-refractivity contribution < 1.29 is 22.3 Å². The maximum Gasteiger partial charge on any atom is 0.319 e. The predicted molar refractivity (Wildman–Crippen MR) is 171 cm³/mol. The van der Waals surface area contributed by atoms with E-state index in [9.17, 15) is 17.6 Å². The molecular formula is C33H35FN6O4S. The van der Waals surface area contributed by atoms with E-state index in [0.717, 1.165) is 63.1 Å². The van der Waals surface area contributed by atoms with Gasteiger partial charge >= 0.3 is 6.03 Å². The fraction of sp³-hybridized carbons (Fsp3) is 0.273. The molecule has 2 aliphatic rings. The topological polar surface area (TPSA) is 116 Å². The van der Waals surface area contributed by atoms with E-state index in [1.165, 1.54) is 12.1 Å². The first-order valence-electron chi connectivity index (χ1n) is 14.8. The zero-order chi connectivity index (χ0) is 31.2. The number of morpholine rings is 1. The Morgan fingerprint density at radius 1 is 0.933 bits per heavy atom. The standard InChI is InChI=1S/C33H35FN6O4S/c34-27-6-11-32(31(18-27)26-5-1-3-24(17-26)21-39-22-30(23-39)40-13-15-44-16-14-40)45(42,43)38-29-9-7-28(8-10-29)37-33(41)36-20-25-4-2-12-35-19-25/h1-12,17-19,30,38H,13-16,20-23H2,(H2,36,37,41). The van der Waals surface area contributed by atoms with E-state index in [4.69, 9.17) is 4.74 Å². The molecule has 0 unspecified atom stereocenters. The number of nitrogens with zero attached hydrogens (tertiary/aromatic N) is 3. The van der Waals surface area contributed by atoms with Gasteiger partial charge in [0, 0.05) is 74.6 Å². The summed E-state index contributed by atoms with van der Waals surface area (Å²) in [5.41, 5.74) is 3.57. The quantitative estimate of drug-likeness (QED) is 0.236. The van der Waals surface area contributed by atoms with Gasteiger partial charge in [-0.25, -0.2) is 17.6 Å². The molecule has 45 heavy (non-hydrogen) atoms. The van der Waals surface area contributed by atoms with E-state index in [1.54, 1.807) is 48.8 Å². The number of rotatable bonds is 10. The van der Waals surface area contributed by atoms with Gasteiger partial charge in [-0.05, 0) is 71.3 Å². The fourth-order valence-corrected chi connectivity index (χ4v) is 6.86. The lowest BCUT2D eigenvalue weighted by molar-refractivity contribution is -0.0344. The summed E-state index contributed by atoms with van der Waals surface area (Å²) in [6, 6.07) is 21.3. The van der Waals surface area contributed by atoms with Crippen molar-refractivity contribution in [1.29, 1.82) is 0 Å². The van der Waals surface area contributed by atoms with Crippen molar-refractivity contribution in [2.45, 2.75) is 24.0 Å². The maximum absolute atomic E-state index is 14.5. The number of aromatic nitrogens is 1. The van der Waals surface area contributed by atoms with Crippen LogP contribution in [-0.4, -0.2) is 74.7 Å². The molecule has 3 aromatic carbocycles. The summed E-state index contributed by atoms with van der Waals surface area (Å²) in [7, 11) is -4.08. The summed E-state index contributed by atoms with van der Waals surface area (Å²) in [5, 5.41) is 5.46. The summed E-state index contributed by atoms with van der Waals surface area (Å²) in [5.74, 6) is -0.525. The molecular weight excluding hydrogens is 595 g/mol. The second kappa shape index (κ2) is 13.7. The average Bonchev–Trinajstić information content (AvgIpc) is 3.03. The Bertz CT molecular complexity index is 1730. The van der Waals surface area contributed by atoms with E-state index in [1.807, 2.05) is 24.3 Å². The first-order chi connectivity index (χ1) is 21.8. The number of hydrogen-bond acceptors (Lipinski definition) is 7. The Kier molecular flexibility index (Phi) is 9.36. The van der Waals surface area contributed by atoms with Crippen LogP contribution in [0.3, 0.4) is 0 Å². The van der Waals surface area contributed by atoms with E-state index in [-0.39, 0.29) is 10.5 Å². The second-order valence-electron chi connectivity index (χ2n) is 11.2. The Balaban J connectivity index is 1.10. The number of hydrogen-bond donors (Lipinski definition) is 3. The Hall–Kier alpha value is -4.36. The number of urea groups is 1. The molecule has 2 aliphatic heterocycles. The van der Waals surface area contributed by atoms with E-state index < -0.39 is 21.9 Å². The predicted octanol–water partition coefficient (Wildman–Crippen LogP) is 4.53. The number of nitrogens with one attached hydrogen (secondary N) is 3. The number of likely N-dealkylation sites (tertiary alicyclic amines) is 1. The van der Waals surface area contributed by atoms with Crippen LogP contribution in [-0.2, 0) is 27.8 Å². The van der Waals surface area contributed by atoms with Crippen LogP contribution >= 0.6 is 0 Å². The number of carbonyl (C=O) groups is 1. The van der Waals surface area contributed by atoms with Crippen molar-refractivity contribution >= 4 is 27.4 Å². The molecule has 0 aliphatic carbocycles. The number of amides is 2. The lowest BCUT2D eigenvalue weighted by Gasteiger charge is -2.46. The zero-order valence-corrected chi connectivity index (χ0v) is 25.5. The summed E-state index contributed by atoms with van der Waals surface area (Å²) in [4.78, 5) is 21.1. The summed E-state index contributed by atoms with van der Waals surface area (Å²) in [6.07, 6.45) is 3.32. The van der Waals surface area contributed by atoms with Crippen LogP contribution in [0.25, 0.3) is 11.1 Å². The highest BCUT2D eigenvalue weighted by Gasteiger charge is 2.32. The van der Waals surface area contributed by atoms with Crippen LogP contribution in [0.2, 0.25) is 0 Å². The third-order valence-corrected chi connectivity index (χ3v) is 9.39. The summed E-state index contributed by atoms with van der Waals surface area (Å²) in [6.45, 7) is 6.47. The number of pyridine rings is 1. The summed E-state index contributed by atoms with van der Waals surface area (Å²) >= 11 is 0. The minimum Gasteiger partial charge on any atom is -0.379 e. The third-order valence-electron chi connectivity index (χ3n) is 7.95. The van der Waals surface area contributed by atoms with Crippen molar-refractivity contribution in [3.63, 3.8) is 0 Å². The molecule has 10 nitrogen and oxygen atoms in total. The van der Waals surface area contributed by atoms with Gasteiger partial charge in [0.05, 0.1) is 18.1 Å².